The summed E-state index contributed by atoms with van der Waals surface area (Å²) in [6.07, 6.45) is 2.62. The quantitative estimate of drug-likeness (QED) is 0.485. The van der Waals surface area contributed by atoms with Crippen LogP contribution in [0.5, 0.6) is 0 Å². The smallest absolute Gasteiger partial charge is 0.141 e. The van der Waals surface area contributed by atoms with Crippen molar-refractivity contribution in [3.05, 3.63) is 29.6 Å². The van der Waals surface area contributed by atoms with Crippen LogP contribution in [0, 0.1) is 5.41 Å². The molecule has 0 aliphatic rings. The molecule has 0 aliphatic heterocycles. The van der Waals surface area contributed by atoms with Gasteiger partial charge in [-0.25, -0.2) is 0 Å². The number of pyridine rings is 1. The number of aromatic nitrogens is 1. The van der Waals surface area contributed by atoms with E-state index < -0.39 is 0 Å². The number of nitrogens with zero attached hydrogens (tertiary/aromatic N) is 1. The SMILES string of the molecule is CCc1ccnc(C(=N)N)c1. The molecular weight excluding hydrogens is 138 g/mol. The van der Waals surface area contributed by atoms with Gasteiger partial charge < -0.3 is 5.73 Å². The van der Waals surface area contributed by atoms with Crippen LogP contribution in [-0.4, -0.2) is 10.8 Å². The van der Waals surface area contributed by atoms with E-state index in [-0.39, 0.29) is 5.84 Å². The fourth-order valence-corrected chi connectivity index (χ4v) is 0.842. The Kier molecular flexibility index (Phi) is 2.21. The average molecular weight is 149 g/mol. The zero-order valence-corrected chi connectivity index (χ0v) is 6.46. The highest BCUT2D eigenvalue weighted by atomic mass is 14.8. The highest BCUT2D eigenvalue weighted by Gasteiger charge is 1.97. The van der Waals surface area contributed by atoms with Crippen LogP contribution >= 0.6 is 0 Å². The zero-order valence-electron chi connectivity index (χ0n) is 6.46. The number of rotatable bonds is 2. The first-order valence-corrected chi connectivity index (χ1v) is 3.53. The van der Waals surface area contributed by atoms with E-state index in [2.05, 4.69) is 11.9 Å². The summed E-state index contributed by atoms with van der Waals surface area (Å²) in [5, 5.41) is 7.12. The Labute approximate surface area is 65.8 Å². The molecule has 3 N–H and O–H groups in total. The van der Waals surface area contributed by atoms with Gasteiger partial charge in [0, 0.05) is 6.20 Å². The molecule has 1 aromatic rings. The Hall–Kier alpha value is -1.38. The molecule has 1 rings (SSSR count). The molecule has 1 aromatic heterocycles. The number of nitrogens with one attached hydrogen (secondary N) is 1. The molecule has 58 valence electrons. The van der Waals surface area contributed by atoms with Crippen molar-refractivity contribution in [2.75, 3.05) is 0 Å². The summed E-state index contributed by atoms with van der Waals surface area (Å²) in [6, 6.07) is 3.76. The van der Waals surface area contributed by atoms with Crippen LogP contribution in [0.1, 0.15) is 18.2 Å². The number of aryl methyl sites for hydroxylation is 1. The van der Waals surface area contributed by atoms with Crippen molar-refractivity contribution in [2.24, 2.45) is 5.73 Å². The second kappa shape index (κ2) is 3.14. The Morgan fingerprint density at radius 3 is 3.00 bits per heavy atom. The third-order valence-corrected chi connectivity index (χ3v) is 1.51. The van der Waals surface area contributed by atoms with Gasteiger partial charge in [0.05, 0.1) is 0 Å². The van der Waals surface area contributed by atoms with Gasteiger partial charge in [0.1, 0.15) is 11.5 Å². The molecule has 0 spiro atoms. The molecule has 0 aromatic carbocycles. The predicted octanol–water partition coefficient (Wildman–Crippen LogP) is 0.928. The Morgan fingerprint density at radius 1 is 1.73 bits per heavy atom. The molecule has 0 bridgehead atoms. The average Bonchev–Trinajstić information content (AvgIpc) is 2.05. The Balaban J connectivity index is 3.01. The molecule has 3 nitrogen and oxygen atoms in total. The molecular formula is C8H11N3. The molecule has 0 aliphatic carbocycles. The Morgan fingerprint density at radius 2 is 2.45 bits per heavy atom. The maximum absolute atomic E-state index is 7.12. The van der Waals surface area contributed by atoms with Gasteiger partial charge in [0.25, 0.3) is 0 Å². The first-order chi connectivity index (χ1) is 5.24. The maximum atomic E-state index is 7.12. The van der Waals surface area contributed by atoms with E-state index in [0.717, 1.165) is 12.0 Å². The van der Waals surface area contributed by atoms with E-state index >= 15 is 0 Å². The lowest BCUT2D eigenvalue weighted by Gasteiger charge is -1.98. The number of nitrogen functional groups attached to an aromatic ring is 1. The van der Waals surface area contributed by atoms with Gasteiger partial charge in [0.15, 0.2) is 0 Å². The fourth-order valence-electron chi connectivity index (χ4n) is 0.842. The van der Waals surface area contributed by atoms with E-state index in [4.69, 9.17) is 11.1 Å². The standard InChI is InChI=1S/C8H11N3/c1-2-6-3-4-11-7(5-6)8(9)10/h3-5H,2H2,1H3,(H3,9,10). The van der Waals surface area contributed by atoms with E-state index in [9.17, 15) is 0 Å². The van der Waals surface area contributed by atoms with Crippen LogP contribution < -0.4 is 5.73 Å². The van der Waals surface area contributed by atoms with Crippen molar-refractivity contribution in [2.45, 2.75) is 13.3 Å². The number of nitrogens with two attached hydrogens (primary N) is 1. The summed E-state index contributed by atoms with van der Waals surface area (Å²) in [5.74, 6) is 0.0281. The minimum Gasteiger partial charge on any atom is -0.382 e. The molecule has 0 unspecified atom stereocenters. The third-order valence-electron chi connectivity index (χ3n) is 1.51. The number of amidine groups is 1. The summed E-state index contributed by atoms with van der Waals surface area (Å²) in [4.78, 5) is 3.94. The fraction of sp³-hybridized carbons (Fsp3) is 0.250. The second-order valence-electron chi connectivity index (χ2n) is 2.32. The first kappa shape index (κ1) is 7.72. The molecule has 0 radical (unpaired) electrons. The normalized spacial score (nSPS) is 9.55. The lowest BCUT2D eigenvalue weighted by molar-refractivity contribution is 1.11. The molecule has 0 fully saturated rings. The summed E-state index contributed by atoms with van der Waals surface area (Å²) in [6.45, 7) is 2.05. The van der Waals surface area contributed by atoms with Crippen LogP contribution in [0.15, 0.2) is 18.3 Å². The van der Waals surface area contributed by atoms with Gasteiger partial charge in [-0.2, -0.15) is 0 Å². The van der Waals surface area contributed by atoms with E-state index in [1.165, 1.54) is 0 Å². The summed E-state index contributed by atoms with van der Waals surface area (Å²) >= 11 is 0. The Bertz CT molecular complexity index is 268. The van der Waals surface area contributed by atoms with Crippen LogP contribution in [0.4, 0.5) is 0 Å². The van der Waals surface area contributed by atoms with Gasteiger partial charge in [-0.05, 0) is 24.1 Å². The van der Waals surface area contributed by atoms with Crippen LogP contribution in [0.2, 0.25) is 0 Å². The maximum Gasteiger partial charge on any atom is 0.141 e. The van der Waals surface area contributed by atoms with Crippen molar-refractivity contribution in [3.63, 3.8) is 0 Å². The highest BCUT2D eigenvalue weighted by molar-refractivity contribution is 5.93. The number of hydrogen-bond donors (Lipinski definition) is 2. The largest absolute Gasteiger partial charge is 0.382 e. The van der Waals surface area contributed by atoms with Crippen LogP contribution in [-0.2, 0) is 6.42 Å². The van der Waals surface area contributed by atoms with Gasteiger partial charge in [-0.1, -0.05) is 6.92 Å². The molecule has 0 saturated heterocycles. The minimum atomic E-state index is 0.0281. The summed E-state index contributed by atoms with van der Waals surface area (Å²) < 4.78 is 0. The molecule has 3 heteroatoms. The molecule has 1 heterocycles. The molecule has 0 atom stereocenters. The zero-order chi connectivity index (χ0) is 8.27. The number of hydrogen-bond acceptors (Lipinski definition) is 2. The predicted molar refractivity (Wildman–Crippen MR) is 44.6 cm³/mol. The van der Waals surface area contributed by atoms with Crippen LogP contribution in [0.3, 0.4) is 0 Å². The van der Waals surface area contributed by atoms with E-state index in [1.54, 1.807) is 6.20 Å². The summed E-state index contributed by atoms with van der Waals surface area (Å²) in [5.41, 5.74) is 6.98. The van der Waals surface area contributed by atoms with Crippen molar-refractivity contribution in [1.82, 2.24) is 4.98 Å². The van der Waals surface area contributed by atoms with Gasteiger partial charge in [-0.15, -0.1) is 0 Å². The molecule has 0 saturated carbocycles. The van der Waals surface area contributed by atoms with Gasteiger partial charge in [-0.3, -0.25) is 10.4 Å². The van der Waals surface area contributed by atoms with E-state index in [0.29, 0.717) is 5.69 Å². The monoisotopic (exact) mass is 149 g/mol. The summed E-state index contributed by atoms with van der Waals surface area (Å²) in [7, 11) is 0. The van der Waals surface area contributed by atoms with Crippen molar-refractivity contribution in [3.8, 4) is 0 Å². The minimum absolute atomic E-state index is 0.0281. The van der Waals surface area contributed by atoms with Crippen LogP contribution in [0.25, 0.3) is 0 Å². The second-order valence-corrected chi connectivity index (χ2v) is 2.32. The van der Waals surface area contributed by atoms with Crippen molar-refractivity contribution < 1.29 is 0 Å². The third kappa shape index (κ3) is 1.77. The lowest BCUT2D eigenvalue weighted by Crippen LogP contribution is -2.13. The lowest BCUT2D eigenvalue weighted by atomic mass is 10.2. The van der Waals surface area contributed by atoms with Crippen molar-refractivity contribution >= 4 is 5.84 Å². The molecule has 11 heavy (non-hydrogen) atoms. The first-order valence-electron chi connectivity index (χ1n) is 3.53. The van der Waals surface area contributed by atoms with Gasteiger partial charge in [0.2, 0.25) is 0 Å². The van der Waals surface area contributed by atoms with Gasteiger partial charge >= 0.3 is 0 Å². The van der Waals surface area contributed by atoms with E-state index in [1.807, 2.05) is 12.1 Å². The topological polar surface area (TPSA) is 62.8 Å². The molecule has 0 amide bonds. The van der Waals surface area contributed by atoms with Crippen molar-refractivity contribution in [1.29, 1.82) is 5.41 Å². The highest BCUT2D eigenvalue weighted by Crippen LogP contribution is 2.00.